The fourth-order valence-corrected chi connectivity index (χ4v) is 3.07. The molecule has 13 nitrogen and oxygen atoms in total. The number of carboxylic acid groups (broad SMARTS) is 1. The van der Waals surface area contributed by atoms with E-state index in [0.717, 1.165) is 10.6 Å². The van der Waals surface area contributed by atoms with Gasteiger partial charge in [-0.3, -0.25) is 14.2 Å². The number of aliphatic hydroxyl groups excluding tert-OH is 3. The molecule has 4 rings (SSSR count). The Labute approximate surface area is 148 Å². The molecule has 27 heavy (non-hydrogen) atoms. The number of nitrogens with one attached hydrogen (secondary N) is 1. The number of nitrogens with zero attached hydrogens (tertiary/aromatic N) is 4. The van der Waals surface area contributed by atoms with Crippen LogP contribution in [0.25, 0.3) is 16.9 Å². The first-order valence-electron chi connectivity index (χ1n) is 7.71. The van der Waals surface area contributed by atoms with Gasteiger partial charge in [-0.05, 0) is 0 Å². The number of H-pyrrole nitrogens is 1. The van der Waals surface area contributed by atoms with Gasteiger partial charge in [0.05, 0.1) is 19.1 Å². The summed E-state index contributed by atoms with van der Waals surface area (Å²) < 4.78 is 7.44. The fourth-order valence-electron chi connectivity index (χ4n) is 3.07. The quantitative estimate of drug-likeness (QED) is 0.234. The lowest BCUT2D eigenvalue weighted by molar-refractivity contribution is -0.131. The predicted octanol–water partition coefficient (Wildman–Crippen LogP) is -2.75. The van der Waals surface area contributed by atoms with E-state index in [1.807, 2.05) is 0 Å². The molecule has 0 amide bonds. The highest BCUT2D eigenvalue weighted by Gasteiger charge is 2.44. The van der Waals surface area contributed by atoms with Crippen LogP contribution in [0.1, 0.15) is 16.7 Å². The molecule has 1 aliphatic rings. The maximum Gasteiger partial charge on any atom is 0.378 e. The zero-order chi connectivity index (χ0) is 19.5. The highest BCUT2D eigenvalue weighted by atomic mass is 16.6. The van der Waals surface area contributed by atoms with E-state index in [9.17, 15) is 29.7 Å². The van der Waals surface area contributed by atoms with Crippen LogP contribution in [0.2, 0.25) is 0 Å². The number of aliphatic carboxylic acids is 1. The van der Waals surface area contributed by atoms with Crippen LogP contribution in [-0.4, -0.2) is 81.0 Å². The van der Waals surface area contributed by atoms with E-state index in [4.69, 9.17) is 9.84 Å². The van der Waals surface area contributed by atoms with Gasteiger partial charge < -0.3 is 30.1 Å². The van der Waals surface area contributed by atoms with Crippen LogP contribution in [-0.2, 0) is 9.53 Å². The largest absolute Gasteiger partial charge is 0.475 e. The second kappa shape index (κ2) is 5.95. The minimum Gasteiger partial charge on any atom is -0.475 e. The van der Waals surface area contributed by atoms with E-state index >= 15 is 0 Å². The second-order valence-corrected chi connectivity index (χ2v) is 5.94. The van der Waals surface area contributed by atoms with Gasteiger partial charge >= 0.3 is 5.97 Å². The fraction of sp³-hybridized carbons (Fsp3) is 0.357. The van der Waals surface area contributed by atoms with Crippen LogP contribution in [0.15, 0.2) is 17.3 Å². The molecule has 0 bridgehead atoms. The maximum absolute atomic E-state index is 12.7. The number of carbonyl (C=O) groups is 2. The third-order valence-electron chi connectivity index (χ3n) is 4.41. The Morgan fingerprint density at radius 2 is 2.00 bits per heavy atom. The van der Waals surface area contributed by atoms with E-state index in [0.29, 0.717) is 0 Å². The van der Waals surface area contributed by atoms with Crippen LogP contribution in [0.3, 0.4) is 0 Å². The summed E-state index contributed by atoms with van der Waals surface area (Å²) in [5.41, 5.74) is -1.34. The first kappa shape index (κ1) is 17.3. The lowest BCUT2D eigenvalue weighted by atomic mass is 10.1. The molecule has 0 spiro atoms. The molecule has 0 aliphatic carbocycles. The van der Waals surface area contributed by atoms with Crippen LogP contribution in [0.4, 0.5) is 0 Å². The zero-order valence-corrected chi connectivity index (χ0v) is 13.4. The molecule has 0 aromatic carbocycles. The van der Waals surface area contributed by atoms with Crippen LogP contribution < -0.4 is 5.56 Å². The van der Waals surface area contributed by atoms with Crippen molar-refractivity contribution in [1.29, 1.82) is 0 Å². The van der Waals surface area contributed by atoms with Crippen molar-refractivity contribution in [1.82, 2.24) is 23.9 Å². The third kappa shape index (κ3) is 2.37. The molecule has 1 saturated heterocycles. The van der Waals surface area contributed by atoms with E-state index in [-0.39, 0.29) is 16.9 Å². The van der Waals surface area contributed by atoms with Gasteiger partial charge in [0.15, 0.2) is 11.7 Å². The van der Waals surface area contributed by atoms with Gasteiger partial charge in [-0.25, -0.2) is 19.2 Å². The molecule has 13 heteroatoms. The number of carboxylic acids is 1. The summed E-state index contributed by atoms with van der Waals surface area (Å²) >= 11 is 0. The van der Waals surface area contributed by atoms with Gasteiger partial charge in [-0.2, -0.15) is 0 Å². The Balaban J connectivity index is 1.89. The molecule has 3 aromatic heterocycles. The molecule has 5 N–H and O–H groups in total. The van der Waals surface area contributed by atoms with Crippen molar-refractivity contribution in [2.24, 2.45) is 0 Å². The van der Waals surface area contributed by atoms with Crippen molar-refractivity contribution < 1.29 is 34.8 Å². The highest BCUT2D eigenvalue weighted by molar-refractivity contribution is 6.39. The number of hydrogen-bond acceptors (Lipinski definition) is 9. The van der Waals surface area contributed by atoms with Gasteiger partial charge in [0, 0.05) is 0 Å². The molecule has 1 fully saturated rings. The van der Waals surface area contributed by atoms with Crippen molar-refractivity contribution in [2.45, 2.75) is 24.5 Å². The third-order valence-corrected chi connectivity index (χ3v) is 4.41. The minimum atomic E-state index is -1.74. The van der Waals surface area contributed by atoms with Gasteiger partial charge in [-0.1, -0.05) is 0 Å². The maximum atomic E-state index is 12.7. The topological polar surface area (TPSA) is 192 Å². The lowest BCUT2D eigenvalue weighted by Gasteiger charge is -2.16. The summed E-state index contributed by atoms with van der Waals surface area (Å²) in [6.45, 7) is -0.525. The molecule has 3 aromatic rings. The first-order chi connectivity index (χ1) is 12.8. The van der Waals surface area contributed by atoms with Gasteiger partial charge in [-0.15, -0.1) is 0 Å². The van der Waals surface area contributed by atoms with Crippen molar-refractivity contribution in [3.8, 4) is 0 Å². The Bertz CT molecular complexity index is 1130. The number of hydrogen-bond donors (Lipinski definition) is 5. The Morgan fingerprint density at radius 3 is 2.63 bits per heavy atom. The minimum absolute atomic E-state index is 0.0715. The summed E-state index contributed by atoms with van der Waals surface area (Å²) in [4.78, 5) is 45.8. The van der Waals surface area contributed by atoms with E-state index < -0.39 is 54.2 Å². The number of aromatic amines is 1. The molecule has 0 radical (unpaired) electrons. The van der Waals surface area contributed by atoms with Crippen molar-refractivity contribution in [2.75, 3.05) is 6.61 Å². The predicted molar refractivity (Wildman–Crippen MR) is 84.1 cm³/mol. The summed E-state index contributed by atoms with van der Waals surface area (Å²) in [5.74, 6) is -3.17. The number of rotatable bonds is 4. The Kier molecular flexibility index (Phi) is 3.81. The lowest BCUT2D eigenvalue weighted by Crippen LogP contribution is -2.33. The molecule has 1 aliphatic heterocycles. The Morgan fingerprint density at radius 1 is 1.26 bits per heavy atom. The molecule has 0 unspecified atom stereocenters. The summed E-state index contributed by atoms with van der Waals surface area (Å²) in [5, 5.41) is 38.1. The van der Waals surface area contributed by atoms with Gasteiger partial charge in [0.2, 0.25) is 5.78 Å². The zero-order valence-electron chi connectivity index (χ0n) is 13.4. The number of aliphatic hydroxyl groups is 3. The van der Waals surface area contributed by atoms with Crippen molar-refractivity contribution in [3.63, 3.8) is 0 Å². The molecule has 4 atom stereocenters. The number of carbonyl (C=O) groups excluding carboxylic acids is 1. The SMILES string of the molecule is O=C(O)C(=O)c1cnc2[nH]c3c(ncn3[C@@H]3O[C@H](CO)[C@@H](O)[C@H]3O)c(=O)n12. The number of aromatic nitrogens is 5. The van der Waals surface area contributed by atoms with E-state index in [1.54, 1.807) is 0 Å². The number of ketones is 1. The van der Waals surface area contributed by atoms with Crippen molar-refractivity contribution in [3.05, 3.63) is 28.6 Å². The molecule has 142 valence electrons. The van der Waals surface area contributed by atoms with Gasteiger partial charge in [0.25, 0.3) is 11.3 Å². The molecule has 4 heterocycles. The number of fused-ring (bicyclic) bond motifs is 2. The number of ether oxygens (including phenoxy) is 1. The summed E-state index contributed by atoms with van der Waals surface area (Å²) in [6.07, 6.45) is -2.80. The normalized spacial score (nSPS) is 25.4. The average molecular weight is 379 g/mol. The average Bonchev–Trinajstić information content (AvgIpc) is 3.32. The molecule has 0 saturated carbocycles. The number of imidazole rings is 2. The highest BCUT2D eigenvalue weighted by Crippen LogP contribution is 2.30. The summed E-state index contributed by atoms with van der Waals surface area (Å²) in [7, 11) is 0. The van der Waals surface area contributed by atoms with E-state index in [1.165, 1.54) is 10.9 Å². The van der Waals surface area contributed by atoms with Crippen molar-refractivity contribution >= 4 is 28.7 Å². The van der Waals surface area contributed by atoms with Crippen LogP contribution in [0.5, 0.6) is 0 Å². The van der Waals surface area contributed by atoms with Crippen LogP contribution >= 0.6 is 0 Å². The summed E-state index contributed by atoms with van der Waals surface area (Å²) in [6, 6.07) is 0. The molecular weight excluding hydrogens is 366 g/mol. The van der Waals surface area contributed by atoms with Crippen LogP contribution in [0, 0.1) is 0 Å². The smallest absolute Gasteiger partial charge is 0.378 e. The number of Topliss-reactive ketones (excluding diaryl/α,β-unsaturated/α-hetero) is 1. The standard InChI is InChI=1S/C14H13N5O8/c20-2-5-8(22)9(23)12(27-5)18-3-16-6-10(18)17-14-15-1-4(7(21)13(25)26)19(14)11(6)24/h1,3,5,8-9,12,20,22-23H,2H2,(H,15,17)(H,25,26)/t5-,8-,9-,12-/m1/s1. The van der Waals surface area contributed by atoms with E-state index in [2.05, 4.69) is 15.0 Å². The Hall–Kier alpha value is -3.13. The monoisotopic (exact) mass is 379 g/mol. The molecular formula is C14H13N5O8. The first-order valence-corrected chi connectivity index (χ1v) is 7.71. The second-order valence-electron chi connectivity index (χ2n) is 5.94. The van der Waals surface area contributed by atoms with Gasteiger partial charge in [0.1, 0.15) is 29.7 Å².